The molecule has 158 valence electrons. The number of H-pyrrole nitrogens is 1. The third kappa shape index (κ3) is 4.53. The van der Waals surface area contributed by atoms with Crippen molar-refractivity contribution in [3.8, 4) is 17.0 Å². The van der Waals surface area contributed by atoms with Gasteiger partial charge in [-0.1, -0.05) is 12.1 Å². The molecule has 2 N–H and O–H groups in total. The molecule has 0 saturated heterocycles. The standard InChI is InChI=1S/C25H26N4O2/c1-16(2)31-20-11-9-19(10-12-20)27-24-21-15-23(28-22(21)13-14-26-24)17-5-7-18(8-6-17)25(30)29(3)4/h5-16,28H,1-4H3,(H,26,27). The summed E-state index contributed by atoms with van der Waals surface area (Å²) >= 11 is 0. The molecule has 0 bridgehead atoms. The number of rotatable bonds is 6. The number of aromatic amines is 1. The second-order valence-electron chi connectivity index (χ2n) is 7.90. The van der Waals surface area contributed by atoms with Crippen LogP contribution in [0.1, 0.15) is 24.2 Å². The fourth-order valence-electron chi connectivity index (χ4n) is 3.39. The zero-order chi connectivity index (χ0) is 22.0. The number of anilines is 2. The smallest absolute Gasteiger partial charge is 0.253 e. The van der Waals surface area contributed by atoms with Crippen LogP contribution in [0.3, 0.4) is 0 Å². The van der Waals surface area contributed by atoms with Gasteiger partial charge in [0.05, 0.1) is 11.6 Å². The van der Waals surface area contributed by atoms with Gasteiger partial charge in [-0.3, -0.25) is 4.79 Å². The number of benzene rings is 2. The van der Waals surface area contributed by atoms with E-state index in [9.17, 15) is 4.79 Å². The topological polar surface area (TPSA) is 70.2 Å². The molecule has 31 heavy (non-hydrogen) atoms. The van der Waals surface area contributed by atoms with E-state index in [1.54, 1.807) is 25.2 Å². The first-order chi connectivity index (χ1) is 14.9. The summed E-state index contributed by atoms with van der Waals surface area (Å²) in [4.78, 5) is 21.7. The number of pyridine rings is 1. The van der Waals surface area contributed by atoms with Crippen LogP contribution < -0.4 is 10.1 Å². The number of hydrogen-bond acceptors (Lipinski definition) is 4. The average Bonchev–Trinajstić information content (AvgIpc) is 3.20. The van der Waals surface area contributed by atoms with Crippen molar-refractivity contribution in [1.29, 1.82) is 0 Å². The summed E-state index contributed by atoms with van der Waals surface area (Å²) in [6, 6.07) is 19.5. The minimum atomic E-state index is -0.0105. The Balaban J connectivity index is 1.59. The molecule has 6 heteroatoms. The summed E-state index contributed by atoms with van der Waals surface area (Å²) in [6.45, 7) is 4.02. The number of carbonyl (C=O) groups is 1. The molecule has 0 aliphatic heterocycles. The molecule has 0 aliphatic rings. The SMILES string of the molecule is CC(C)Oc1ccc(Nc2nccc3[nH]c(-c4ccc(C(=O)N(C)C)cc4)cc23)cc1. The van der Waals surface area contributed by atoms with Gasteiger partial charge < -0.3 is 19.9 Å². The maximum Gasteiger partial charge on any atom is 0.253 e. The highest BCUT2D eigenvalue weighted by Gasteiger charge is 2.11. The lowest BCUT2D eigenvalue weighted by Gasteiger charge is -2.11. The highest BCUT2D eigenvalue weighted by Crippen LogP contribution is 2.30. The van der Waals surface area contributed by atoms with Crippen LogP contribution in [0.25, 0.3) is 22.2 Å². The third-order valence-electron chi connectivity index (χ3n) is 4.89. The van der Waals surface area contributed by atoms with E-state index in [1.165, 1.54) is 0 Å². The Morgan fingerprint density at radius 2 is 1.74 bits per heavy atom. The molecule has 4 rings (SSSR count). The van der Waals surface area contributed by atoms with E-state index in [2.05, 4.69) is 21.4 Å². The van der Waals surface area contributed by atoms with Crippen molar-refractivity contribution in [2.45, 2.75) is 20.0 Å². The number of ether oxygens (including phenoxy) is 1. The van der Waals surface area contributed by atoms with E-state index >= 15 is 0 Å². The van der Waals surface area contributed by atoms with Gasteiger partial charge in [-0.05, 0) is 67.9 Å². The Bertz CT molecular complexity index is 1190. The van der Waals surface area contributed by atoms with E-state index < -0.39 is 0 Å². The Kier molecular flexibility index (Phi) is 5.62. The monoisotopic (exact) mass is 414 g/mol. The molecule has 6 nitrogen and oxygen atoms in total. The molecule has 2 heterocycles. The van der Waals surface area contributed by atoms with Gasteiger partial charge in [-0.15, -0.1) is 0 Å². The van der Waals surface area contributed by atoms with E-state index in [0.717, 1.165) is 39.4 Å². The first-order valence-corrected chi connectivity index (χ1v) is 10.2. The van der Waals surface area contributed by atoms with Crippen LogP contribution in [0.5, 0.6) is 5.75 Å². The lowest BCUT2D eigenvalue weighted by molar-refractivity contribution is 0.0827. The molecule has 0 unspecified atom stereocenters. The number of nitrogens with zero attached hydrogens (tertiary/aromatic N) is 2. The van der Waals surface area contributed by atoms with Crippen LogP contribution in [0.15, 0.2) is 66.9 Å². The first kappa shape index (κ1) is 20.5. The summed E-state index contributed by atoms with van der Waals surface area (Å²) in [5, 5.41) is 4.39. The summed E-state index contributed by atoms with van der Waals surface area (Å²) in [7, 11) is 3.50. The maximum absolute atomic E-state index is 12.1. The molecule has 0 spiro atoms. The highest BCUT2D eigenvalue weighted by atomic mass is 16.5. The lowest BCUT2D eigenvalue weighted by atomic mass is 10.1. The van der Waals surface area contributed by atoms with E-state index in [-0.39, 0.29) is 12.0 Å². The van der Waals surface area contributed by atoms with Crippen LogP contribution in [0.4, 0.5) is 11.5 Å². The van der Waals surface area contributed by atoms with Crippen LogP contribution in [0.2, 0.25) is 0 Å². The van der Waals surface area contributed by atoms with Gasteiger partial charge in [0.1, 0.15) is 11.6 Å². The molecular weight excluding hydrogens is 388 g/mol. The van der Waals surface area contributed by atoms with Crippen molar-refractivity contribution < 1.29 is 9.53 Å². The molecule has 0 aliphatic carbocycles. The number of hydrogen-bond donors (Lipinski definition) is 2. The largest absolute Gasteiger partial charge is 0.491 e. The van der Waals surface area contributed by atoms with E-state index in [0.29, 0.717) is 5.56 Å². The van der Waals surface area contributed by atoms with Crippen molar-refractivity contribution in [3.05, 3.63) is 72.4 Å². The van der Waals surface area contributed by atoms with Gasteiger partial charge in [0.15, 0.2) is 0 Å². The quantitative estimate of drug-likeness (QED) is 0.439. The highest BCUT2D eigenvalue weighted by molar-refractivity contribution is 5.96. The van der Waals surface area contributed by atoms with Crippen molar-refractivity contribution in [2.75, 3.05) is 19.4 Å². The normalized spacial score (nSPS) is 11.0. The zero-order valence-corrected chi connectivity index (χ0v) is 18.1. The Morgan fingerprint density at radius 1 is 1.03 bits per heavy atom. The number of aromatic nitrogens is 2. The fraction of sp³-hybridized carbons (Fsp3) is 0.200. The molecule has 2 aromatic heterocycles. The van der Waals surface area contributed by atoms with Crippen molar-refractivity contribution >= 4 is 28.3 Å². The average molecular weight is 415 g/mol. The molecular formula is C25H26N4O2. The summed E-state index contributed by atoms with van der Waals surface area (Å²) in [6.07, 6.45) is 1.92. The molecule has 2 aromatic carbocycles. The van der Waals surface area contributed by atoms with Crippen molar-refractivity contribution in [1.82, 2.24) is 14.9 Å². The third-order valence-corrected chi connectivity index (χ3v) is 4.89. The minimum Gasteiger partial charge on any atom is -0.491 e. The molecule has 0 radical (unpaired) electrons. The van der Waals surface area contributed by atoms with Gasteiger partial charge >= 0.3 is 0 Å². The lowest BCUT2D eigenvalue weighted by Crippen LogP contribution is -2.21. The molecule has 1 amide bonds. The van der Waals surface area contributed by atoms with Crippen LogP contribution in [-0.4, -0.2) is 41.0 Å². The molecule has 0 fully saturated rings. The number of nitrogens with one attached hydrogen (secondary N) is 2. The van der Waals surface area contributed by atoms with E-state index in [1.807, 2.05) is 68.4 Å². The van der Waals surface area contributed by atoms with Crippen LogP contribution >= 0.6 is 0 Å². The van der Waals surface area contributed by atoms with Crippen molar-refractivity contribution in [2.24, 2.45) is 0 Å². The van der Waals surface area contributed by atoms with E-state index in [4.69, 9.17) is 4.74 Å². The van der Waals surface area contributed by atoms with Gasteiger partial charge in [-0.2, -0.15) is 0 Å². The zero-order valence-electron chi connectivity index (χ0n) is 18.1. The van der Waals surface area contributed by atoms with Crippen molar-refractivity contribution in [3.63, 3.8) is 0 Å². The second-order valence-corrected chi connectivity index (χ2v) is 7.90. The summed E-state index contributed by atoms with van der Waals surface area (Å²) in [5.74, 6) is 1.60. The van der Waals surface area contributed by atoms with Gasteiger partial charge in [0, 0.05) is 42.6 Å². The minimum absolute atomic E-state index is 0.0105. The van der Waals surface area contributed by atoms with Crippen LogP contribution in [-0.2, 0) is 0 Å². The first-order valence-electron chi connectivity index (χ1n) is 10.2. The Labute approximate surface area is 181 Å². The van der Waals surface area contributed by atoms with Gasteiger partial charge in [0.25, 0.3) is 5.91 Å². The van der Waals surface area contributed by atoms with Gasteiger partial charge in [-0.25, -0.2) is 4.98 Å². The number of amides is 1. The summed E-state index contributed by atoms with van der Waals surface area (Å²) < 4.78 is 5.71. The molecule has 4 aromatic rings. The van der Waals surface area contributed by atoms with Gasteiger partial charge in [0.2, 0.25) is 0 Å². The predicted octanol–water partition coefficient (Wildman–Crippen LogP) is 5.46. The fourth-order valence-corrected chi connectivity index (χ4v) is 3.39. The number of carbonyl (C=O) groups excluding carboxylic acids is 1. The second kappa shape index (κ2) is 8.52. The van der Waals surface area contributed by atoms with Crippen LogP contribution in [0, 0.1) is 0 Å². The molecule has 0 saturated carbocycles. The summed E-state index contributed by atoms with van der Waals surface area (Å²) in [5.41, 5.74) is 4.56. The Hall–Kier alpha value is -3.80. The maximum atomic E-state index is 12.1. The number of fused-ring (bicyclic) bond motifs is 1. The predicted molar refractivity (Wildman–Crippen MR) is 125 cm³/mol. The molecule has 0 atom stereocenters. The Morgan fingerprint density at radius 3 is 2.39 bits per heavy atom.